The van der Waals surface area contributed by atoms with Gasteiger partial charge in [0, 0.05) is 36.0 Å². The minimum Gasteiger partial charge on any atom is -0.449 e. The lowest BCUT2D eigenvalue weighted by Gasteiger charge is -2.36. The normalized spacial score (nSPS) is 12.7. The van der Waals surface area contributed by atoms with Crippen molar-refractivity contribution in [3.63, 3.8) is 0 Å². The van der Waals surface area contributed by atoms with Gasteiger partial charge in [0.25, 0.3) is 0 Å². The summed E-state index contributed by atoms with van der Waals surface area (Å²) in [5.41, 5.74) is 2.36. The van der Waals surface area contributed by atoms with Gasteiger partial charge < -0.3 is 18.9 Å². The first kappa shape index (κ1) is 31.6. The van der Waals surface area contributed by atoms with Crippen LogP contribution in [-0.2, 0) is 15.6 Å². The van der Waals surface area contributed by atoms with Crippen LogP contribution in [0.1, 0.15) is 53.7 Å². The SMILES string of the molecule is CC(C)(C)OC(=O)n1nc(CCCO[Si](C)(C)C(C)(C)C)c2c(Nc3c(-c4ncccn4)oc4cnccc34)ccc(Cl)c21. The molecule has 4 heterocycles. The Hall–Kier alpha value is -3.80. The molecule has 44 heavy (non-hydrogen) atoms. The van der Waals surface area contributed by atoms with Crippen molar-refractivity contribution >= 4 is 59.3 Å². The molecular formula is C32H39ClN6O4Si. The number of carbonyl (C=O) groups excluding carboxylic acids is 1. The predicted molar refractivity (Wildman–Crippen MR) is 176 cm³/mol. The predicted octanol–water partition coefficient (Wildman–Crippen LogP) is 8.77. The molecule has 0 unspecified atom stereocenters. The number of benzene rings is 1. The van der Waals surface area contributed by atoms with Crippen molar-refractivity contribution in [2.45, 2.75) is 78.1 Å². The highest BCUT2D eigenvalue weighted by Gasteiger charge is 2.37. The number of fused-ring (bicyclic) bond motifs is 2. The molecule has 0 amide bonds. The quantitative estimate of drug-likeness (QED) is 0.132. The zero-order valence-electron chi connectivity index (χ0n) is 26.5. The fourth-order valence-corrected chi connectivity index (χ4v) is 5.89. The topological polar surface area (TPSA) is 117 Å². The molecule has 0 aliphatic rings. The number of aryl methyl sites for hydroxylation is 1. The van der Waals surface area contributed by atoms with Crippen LogP contribution in [0.25, 0.3) is 33.5 Å². The second kappa shape index (κ2) is 11.9. The van der Waals surface area contributed by atoms with Crippen molar-refractivity contribution in [1.82, 2.24) is 24.7 Å². The molecule has 0 saturated carbocycles. The Bertz CT molecular complexity index is 1810. The second-order valence-corrected chi connectivity index (χ2v) is 18.5. The fraction of sp³-hybridized carbons (Fsp3) is 0.406. The van der Waals surface area contributed by atoms with Crippen LogP contribution in [0.5, 0.6) is 0 Å². The lowest BCUT2D eigenvalue weighted by Crippen LogP contribution is -2.41. The zero-order valence-corrected chi connectivity index (χ0v) is 28.2. The molecule has 0 saturated heterocycles. The molecule has 0 aliphatic heterocycles. The summed E-state index contributed by atoms with van der Waals surface area (Å²) in [6.07, 6.45) is 7.33. The van der Waals surface area contributed by atoms with E-state index in [1.165, 1.54) is 4.68 Å². The van der Waals surface area contributed by atoms with Crippen LogP contribution in [0.3, 0.4) is 0 Å². The highest BCUT2D eigenvalue weighted by Crippen LogP contribution is 2.42. The zero-order chi connectivity index (χ0) is 31.9. The molecule has 5 aromatic rings. The summed E-state index contributed by atoms with van der Waals surface area (Å²) in [5, 5.41) is 10.3. The van der Waals surface area contributed by atoms with Gasteiger partial charge in [0.15, 0.2) is 25.5 Å². The Kier molecular flexibility index (Phi) is 8.58. The highest BCUT2D eigenvalue weighted by atomic mass is 35.5. The maximum absolute atomic E-state index is 13.4. The first-order valence-electron chi connectivity index (χ1n) is 14.6. The average Bonchev–Trinajstić information content (AvgIpc) is 3.51. The van der Waals surface area contributed by atoms with E-state index in [0.29, 0.717) is 69.6 Å². The number of hydrogen-bond donors (Lipinski definition) is 1. The van der Waals surface area contributed by atoms with Crippen molar-refractivity contribution in [3.8, 4) is 11.6 Å². The molecule has 5 rings (SSSR count). The Morgan fingerprint density at radius 1 is 1.07 bits per heavy atom. The van der Waals surface area contributed by atoms with Crippen molar-refractivity contribution in [1.29, 1.82) is 0 Å². The summed E-state index contributed by atoms with van der Waals surface area (Å²) >= 11 is 6.78. The molecule has 0 spiro atoms. The number of anilines is 2. The molecule has 0 radical (unpaired) electrons. The molecule has 0 aliphatic carbocycles. The van der Waals surface area contributed by atoms with Gasteiger partial charge in [-0.05, 0) is 76.0 Å². The van der Waals surface area contributed by atoms with E-state index in [2.05, 4.69) is 54.1 Å². The van der Waals surface area contributed by atoms with Crippen molar-refractivity contribution < 1.29 is 18.4 Å². The van der Waals surface area contributed by atoms with Gasteiger partial charge in [0.05, 0.1) is 28.3 Å². The minimum atomic E-state index is -1.92. The van der Waals surface area contributed by atoms with E-state index in [4.69, 9.17) is 30.3 Å². The smallest absolute Gasteiger partial charge is 0.435 e. The average molecular weight is 635 g/mol. The monoisotopic (exact) mass is 634 g/mol. The van der Waals surface area contributed by atoms with Crippen molar-refractivity contribution in [2.75, 3.05) is 11.9 Å². The number of ether oxygens (including phenoxy) is 1. The van der Waals surface area contributed by atoms with Gasteiger partial charge in [-0.3, -0.25) is 4.98 Å². The third kappa shape index (κ3) is 6.50. The fourth-order valence-electron chi connectivity index (χ4n) is 4.57. The number of aromatic nitrogens is 5. The number of hydrogen-bond acceptors (Lipinski definition) is 9. The molecule has 0 fully saturated rings. The van der Waals surface area contributed by atoms with Crippen LogP contribution in [0.4, 0.5) is 16.2 Å². The minimum absolute atomic E-state index is 0.103. The number of furan rings is 1. The van der Waals surface area contributed by atoms with E-state index in [1.54, 1.807) is 36.9 Å². The highest BCUT2D eigenvalue weighted by molar-refractivity contribution is 6.74. The van der Waals surface area contributed by atoms with Gasteiger partial charge in [-0.1, -0.05) is 32.4 Å². The molecule has 4 aromatic heterocycles. The standard InChI is InChI=1S/C32H39ClN6O4Si/c1-31(2,3)43-30(40)39-27-21(33)12-13-22(25(27)23(38-39)11-9-18-41-44(7,8)32(4,5)6)37-26-20-14-17-34-19-24(20)42-28(26)29-35-15-10-16-36-29/h10,12-17,19,37H,9,11,18H2,1-8H3. The van der Waals surface area contributed by atoms with Gasteiger partial charge in [0.2, 0.25) is 0 Å². The Morgan fingerprint density at radius 2 is 1.80 bits per heavy atom. The number of nitrogens with zero attached hydrogens (tertiary/aromatic N) is 5. The van der Waals surface area contributed by atoms with Crippen LogP contribution >= 0.6 is 11.6 Å². The van der Waals surface area contributed by atoms with E-state index >= 15 is 0 Å². The van der Waals surface area contributed by atoms with E-state index in [1.807, 2.05) is 32.9 Å². The van der Waals surface area contributed by atoms with Crippen LogP contribution in [-0.4, -0.2) is 51.4 Å². The molecule has 0 bridgehead atoms. The van der Waals surface area contributed by atoms with Crippen LogP contribution < -0.4 is 5.32 Å². The molecule has 10 nitrogen and oxygen atoms in total. The Balaban J connectivity index is 1.60. The summed E-state index contributed by atoms with van der Waals surface area (Å²) in [7, 11) is -1.92. The first-order valence-corrected chi connectivity index (χ1v) is 17.9. The summed E-state index contributed by atoms with van der Waals surface area (Å²) in [5.74, 6) is 0.879. The molecule has 232 valence electrons. The van der Waals surface area contributed by atoms with Gasteiger partial charge in [-0.15, -0.1) is 0 Å². The maximum Gasteiger partial charge on any atom is 0.435 e. The summed E-state index contributed by atoms with van der Waals surface area (Å²) in [6.45, 7) is 17.2. The van der Waals surface area contributed by atoms with E-state index in [0.717, 1.165) is 5.39 Å². The number of pyridine rings is 1. The maximum atomic E-state index is 13.4. The lowest BCUT2D eigenvalue weighted by atomic mass is 10.1. The molecular weight excluding hydrogens is 596 g/mol. The largest absolute Gasteiger partial charge is 0.449 e. The molecule has 1 N–H and O–H groups in total. The van der Waals surface area contributed by atoms with E-state index in [-0.39, 0.29) is 5.04 Å². The summed E-state index contributed by atoms with van der Waals surface area (Å²) < 4.78 is 19.6. The van der Waals surface area contributed by atoms with Gasteiger partial charge in [-0.25, -0.2) is 14.8 Å². The molecule has 1 aromatic carbocycles. The molecule has 0 atom stereocenters. The van der Waals surface area contributed by atoms with Crippen molar-refractivity contribution in [2.24, 2.45) is 0 Å². The number of nitrogens with one attached hydrogen (secondary N) is 1. The van der Waals surface area contributed by atoms with Crippen LogP contribution in [0.2, 0.25) is 23.2 Å². The Labute approximate surface area is 263 Å². The van der Waals surface area contributed by atoms with Gasteiger partial charge >= 0.3 is 6.09 Å². The van der Waals surface area contributed by atoms with Gasteiger partial charge in [0.1, 0.15) is 11.1 Å². The second-order valence-electron chi connectivity index (χ2n) is 13.2. The number of halogens is 1. The molecule has 12 heteroatoms. The van der Waals surface area contributed by atoms with E-state index in [9.17, 15) is 4.79 Å². The summed E-state index contributed by atoms with van der Waals surface area (Å²) in [4.78, 5) is 26.4. The first-order chi connectivity index (χ1) is 20.7. The Morgan fingerprint density at radius 3 is 2.48 bits per heavy atom. The summed E-state index contributed by atoms with van der Waals surface area (Å²) in [6, 6.07) is 7.22. The lowest BCUT2D eigenvalue weighted by molar-refractivity contribution is 0.0522. The third-order valence-electron chi connectivity index (χ3n) is 7.76. The van der Waals surface area contributed by atoms with Crippen molar-refractivity contribution in [3.05, 3.63) is 59.8 Å². The third-order valence-corrected chi connectivity index (χ3v) is 12.6. The number of rotatable bonds is 8. The number of carbonyl (C=O) groups is 1. The van der Waals surface area contributed by atoms with E-state index < -0.39 is 20.0 Å². The van der Waals surface area contributed by atoms with Crippen LogP contribution in [0.15, 0.2) is 53.5 Å². The van der Waals surface area contributed by atoms with Crippen LogP contribution in [0, 0.1) is 0 Å². The van der Waals surface area contributed by atoms with Gasteiger partial charge in [-0.2, -0.15) is 9.78 Å².